The molecule has 16 heavy (non-hydrogen) atoms. The van der Waals surface area contributed by atoms with Crippen LogP contribution in [0.1, 0.15) is 23.5 Å². The van der Waals surface area contributed by atoms with Crippen molar-refractivity contribution in [2.24, 2.45) is 5.92 Å². The first-order valence-corrected chi connectivity index (χ1v) is 5.74. The van der Waals surface area contributed by atoms with Gasteiger partial charge in [0, 0.05) is 5.92 Å². The Morgan fingerprint density at radius 3 is 2.81 bits per heavy atom. The zero-order chi connectivity index (χ0) is 11.3. The minimum atomic E-state index is -0.613. The first-order chi connectivity index (χ1) is 7.72. The molecule has 2 N–H and O–H groups in total. The molecule has 86 valence electrons. The van der Waals surface area contributed by atoms with Crippen LogP contribution in [0.15, 0.2) is 18.2 Å². The van der Waals surface area contributed by atoms with Crippen LogP contribution in [0, 0.1) is 5.92 Å². The van der Waals surface area contributed by atoms with E-state index in [1.807, 2.05) is 18.2 Å². The molecule has 2 aliphatic carbocycles. The Kier molecular flexibility index (Phi) is 2.19. The summed E-state index contributed by atoms with van der Waals surface area (Å²) < 4.78 is 5.34. The highest BCUT2D eigenvalue weighted by atomic mass is 16.5. The summed E-state index contributed by atoms with van der Waals surface area (Å²) >= 11 is 0. The molecule has 2 bridgehead atoms. The van der Waals surface area contributed by atoms with Gasteiger partial charge in [-0.3, -0.25) is 0 Å². The molecule has 1 aromatic rings. The van der Waals surface area contributed by atoms with Crippen LogP contribution in [0.4, 0.5) is 0 Å². The van der Waals surface area contributed by atoms with Crippen LogP contribution in [0.2, 0.25) is 0 Å². The summed E-state index contributed by atoms with van der Waals surface area (Å²) in [5, 5.41) is 19.9. The summed E-state index contributed by atoms with van der Waals surface area (Å²) in [5.74, 6) is 1.15. The number of hydrogen-bond donors (Lipinski definition) is 2. The van der Waals surface area contributed by atoms with Crippen LogP contribution in [-0.4, -0.2) is 29.5 Å². The predicted molar refractivity (Wildman–Crippen MR) is 59.6 cm³/mol. The molecule has 0 aliphatic heterocycles. The Bertz CT molecular complexity index is 416. The van der Waals surface area contributed by atoms with Crippen LogP contribution < -0.4 is 4.74 Å². The number of benzene rings is 1. The first-order valence-electron chi connectivity index (χ1n) is 5.74. The largest absolute Gasteiger partial charge is 0.496 e. The van der Waals surface area contributed by atoms with Gasteiger partial charge in [-0.1, -0.05) is 12.1 Å². The molecule has 0 radical (unpaired) electrons. The highest BCUT2D eigenvalue weighted by Gasteiger charge is 2.46. The average molecular weight is 220 g/mol. The monoisotopic (exact) mass is 220 g/mol. The van der Waals surface area contributed by atoms with E-state index >= 15 is 0 Å². The van der Waals surface area contributed by atoms with Gasteiger partial charge in [-0.05, 0) is 36.0 Å². The molecular weight excluding hydrogens is 204 g/mol. The lowest BCUT2D eigenvalue weighted by atomic mass is 9.82. The molecule has 2 aliphatic rings. The fourth-order valence-electron chi connectivity index (χ4n) is 3.24. The van der Waals surface area contributed by atoms with Gasteiger partial charge in [0.2, 0.25) is 0 Å². The molecule has 4 unspecified atom stereocenters. The van der Waals surface area contributed by atoms with Crippen molar-refractivity contribution < 1.29 is 14.9 Å². The second-order valence-electron chi connectivity index (χ2n) is 4.82. The molecule has 0 amide bonds. The minimum Gasteiger partial charge on any atom is -0.496 e. The highest BCUT2D eigenvalue weighted by molar-refractivity contribution is 5.46. The molecule has 0 aromatic heterocycles. The van der Waals surface area contributed by atoms with E-state index < -0.39 is 12.2 Å². The maximum atomic E-state index is 9.99. The van der Waals surface area contributed by atoms with Gasteiger partial charge in [0.25, 0.3) is 0 Å². The van der Waals surface area contributed by atoms with Gasteiger partial charge in [-0.15, -0.1) is 0 Å². The Morgan fingerprint density at radius 1 is 1.25 bits per heavy atom. The third-order valence-corrected chi connectivity index (χ3v) is 4.06. The number of ether oxygens (including phenoxy) is 1. The van der Waals surface area contributed by atoms with Gasteiger partial charge in [0.1, 0.15) is 5.75 Å². The van der Waals surface area contributed by atoms with Crippen molar-refractivity contribution in [3.8, 4) is 5.75 Å². The lowest BCUT2D eigenvalue weighted by Crippen LogP contribution is -2.26. The second-order valence-corrected chi connectivity index (χ2v) is 4.82. The summed E-state index contributed by atoms with van der Waals surface area (Å²) in [7, 11) is 1.67. The number of rotatable bonds is 1. The van der Waals surface area contributed by atoms with Crippen molar-refractivity contribution in [2.45, 2.75) is 31.0 Å². The van der Waals surface area contributed by atoms with Crippen molar-refractivity contribution >= 4 is 0 Å². The van der Waals surface area contributed by atoms with E-state index in [1.54, 1.807) is 7.11 Å². The average Bonchev–Trinajstić information content (AvgIpc) is 2.55. The van der Waals surface area contributed by atoms with Gasteiger partial charge in [-0.2, -0.15) is 0 Å². The van der Waals surface area contributed by atoms with E-state index in [0.29, 0.717) is 0 Å². The van der Waals surface area contributed by atoms with E-state index in [4.69, 9.17) is 4.74 Å². The SMILES string of the molecule is COc1cccc2c1CC1CC2C(O)C1O. The lowest BCUT2D eigenvalue weighted by Gasteiger charge is -2.24. The Balaban J connectivity index is 2.11. The van der Waals surface area contributed by atoms with Crippen molar-refractivity contribution in [2.75, 3.05) is 7.11 Å². The van der Waals surface area contributed by atoms with Gasteiger partial charge in [0.05, 0.1) is 19.3 Å². The van der Waals surface area contributed by atoms with E-state index in [1.165, 1.54) is 5.56 Å². The topological polar surface area (TPSA) is 49.7 Å². The molecule has 1 aromatic carbocycles. The van der Waals surface area contributed by atoms with E-state index in [0.717, 1.165) is 24.2 Å². The van der Waals surface area contributed by atoms with Crippen molar-refractivity contribution in [3.63, 3.8) is 0 Å². The number of aliphatic hydroxyl groups is 2. The zero-order valence-electron chi connectivity index (χ0n) is 9.26. The van der Waals surface area contributed by atoms with Crippen molar-refractivity contribution in [1.82, 2.24) is 0 Å². The van der Waals surface area contributed by atoms with Gasteiger partial charge < -0.3 is 14.9 Å². The highest BCUT2D eigenvalue weighted by Crippen LogP contribution is 2.48. The van der Waals surface area contributed by atoms with E-state index in [-0.39, 0.29) is 11.8 Å². The Hall–Kier alpha value is -1.06. The normalized spacial score (nSPS) is 35.9. The van der Waals surface area contributed by atoms with Gasteiger partial charge in [0.15, 0.2) is 0 Å². The fourth-order valence-corrected chi connectivity index (χ4v) is 3.24. The molecule has 3 heteroatoms. The second kappa shape index (κ2) is 3.47. The number of aliphatic hydroxyl groups excluding tert-OH is 2. The van der Waals surface area contributed by atoms with Gasteiger partial charge in [-0.25, -0.2) is 0 Å². The van der Waals surface area contributed by atoms with Crippen LogP contribution in [0.3, 0.4) is 0 Å². The van der Waals surface area contributed by atoms with E-state index in [2.05, 4.69) is 0 Å². The zero-order valence-corrected chi connectivity index (χ0v) is 9.26. The smallest absolute Gasteiger partial charge is 0.122 e. The first kappa shape index (κ1) is 10.1. The molecule has 0 heterocycles. The summed E-state index contributed by atoms with van der Waals surface area (Å²) in [6.45, 7) is 0. The fraction of sp³-hybridized carbons (Fsp3) is 0.538. The quantitative estimate of drug-likeness (QED) is 0.744. The Labute approximate surface area is 94.7 Å². The minimum absolute atomic E-state index is 0.0823. The molecular formula is C13H16O3. The summed E-state index contributed by atoms with van der Waals surface area (Å²) in [5.41, 5.74) is 2.32. The summed E-state index contributed by atoms with van der Waals surface area (Å²) in [4.78, 5) is 0. The molecule has 4 atom stereocenters. The van der Waals surface area contributed by atoms with E-state index in [9.17, 15) is 10.2 Å². The third-order valence-electron chi connectivity index (χ3n) is 4.06. The molecule has 3 rings (SSSR count). The van der Waals surface area contributed by atoms with Crippen LogP contribution in [0.5, 0.6) is 5.75 Å². The molecule has 0 saturated heterocycles. The third kappa shape index (κ3) is 1.22. The molecule has 1 saturated carbocycles. The van der Waals surface area contributed by atoms with Crippen molar-refractivity contribution in [1.29, 1.82) is 0 Å². The lowest BCUT2D eigenvalue weighted by molar-refractivity contribution is 0.0176. The van der Waals surface area contributed by atoms with Crippen LogP contribution in [0.25, 0.3) is 0 Å². The molecule has 1 fully saturated rings. The molecule has 0 spiro atoms. The summed E-state index contributed by atoms with van der Waals surface area (Å²) in [6.07, 6.45) is 0.511. The van der Waals surface area contributed by atoms with Crippen molar-refractivity contribution in [3.05, 3.63) is 29.3 Å². The standard InChI is InChI=1S/C13H16O3/c1-16-11-4-2-3-8-9(11)5-7-6-10(8)13(15)12(7)14/h2-4,7,10,12-15H,5-6H2,1H3. The van der Waals surface area contributed by atoms with Crippen LogP contribution >= 0.6 is 0 Å². The maximum absolute atomic E-state index is 9.99. The maximum Gasteiger partial charge on any atom is 0.122 e. The Morgan fingerprint density at radius 2 is 2.06 bits per heavy atom. The number of hydrogen-bond acceptors (Lipinski definition) is 3. The van der Waals surface area contributed by atoms with Gasteiger partial charge >= 0.3 is 0 Å². The van der Waals surface area contributed by atoms with Crippen LogP contribution in [-0.2, 0) is 6.42 Å². The summed E-state index contributed by atoms with van der Waals surface area (Å²) in [6, 6.07) is 5.94. The number of fused-ring (bicyclic) bond motifs is 4. The molecule has 3 nitrogen and oxygen atoms in total. The number of methoxy groups -OCH3 is 1. The predicted octanol–water partition coefficient (Wildman–Crippen LogP) is 1.08.